The van der Waals surface area contributed by atoms with E-state index in [0.717, 1.165) is 38.5 Å². The van der Waals surface area contributed by atoms with Crippen molar-refractivity contribution in [3.8, 4) is 0 Å². The number of amides is 1. The number of phosphoric ester groups is 1. The van der Waals surface area contributed by atoms with Crippen LogP contribution < -0.4 is 5.32 Å². The molecule has 1 amide bonds. The van der Waals surface area contributed by atoms with Gasteiger partial charge in [-0.2, -0.15) is 0 Å². The zero-order chi connectivity index (χ0) is 30.1. The molecule has 0 aliphatic carbocycles. The molecule has 0 bridgehead atoms. The largest absolute Gasteiger partial charge is 0.480 e. The van der Waals surface area contributed by atoms with Crippen molar-refractivity contribution in [2.45, 2.75) is 129 Å². The number of aliphatic hydroxyl groups is 1. The van der Waals surface area contributed by atoms with Gasteiger partial charge in [0.05, 0.1) is 13.2 Å². The maximum Gasteiger partial charge on any atom is 0.472 e. The van der Waals surface area contributed by atoms with Gasteiger partial charge in [-0.15, -0.1) is 0 Å². The number of carbonyl (C=O) groups excluding carboxylic acids is 2. The average Bonchev–Trinajstić information content (AvgIpc) is 2.92. The Labute approximate surface area is 239 Å². The molecule has 0 rings (SSSR count). The van der Waals surface area contributed by atoms with Gasteiger partial charge < -0.3 is 25.2 Å². The van der Waals surface area contributed by atoms with Gasteiger partial charge in [-0.1, -0.05) is 83.8 Å². The summed E-state index contributed by atoms with van der Waals surface area (Å²) in [7, 11) is -4.71. The van der Waals surface area contributed by atoms with Crippen molar-refractivity contribution < 1.29 is 47.8 Å². The molecule has 0 saturated heterocycles. The third kappa shape index (κ3) is 24.1. The third-order valence-electron chi connectivity index (χ3n) is 6.11. The van der Waals surface area contributed by atoms with Crippen LogP contribution >= 0.6 is 7.82 Å². The molecule has 0 aliphatic rings. The van der Waals surface area contributed by atoms with Crippen LogP contribution in [0.3, 0.4) is 0 Å². The molecule has 12 heteroatoms. The van der Waals surface area contributed by atoms with E-state index < -0.39 is 57.6 Å². The Morgan fingerprint density at radius 3 is 1.88 bits per heavy atom. The minimum atomic E-state index is -4.71. The smallest absolute Gasteiger partial charge is 0.472 e. The van der Waals surface area contributed by atoms with Gasteiger partial charge >= 0.3 is 19.8 Å². The van der Waals surface area contributed by atoms with Crippen LogP contribution in [-0.4, -0.2) is 64.9 Å². The highest BCUT2D eigenvalue weighted by molar-refractivity contribution is 7.47. The first kappa shape index (κ1) is 38.2. The number of allylic oxidation sites excluding steroid dienone is 2. The van der Waals surface area contributed by atoms with Gasteiger partial charge in [-0.05, 0) is 32.1 Å². The summed E-state index contributed by atoms with van der Waals surface area (Å²) in [6.07, 6.45) is 19.5. The molecule has 3 atom stereocenters. The predicted molar refractivity (Wildman–Crippen MR) is 153 cm³/mol. The molecule has 0 aromatic heterocycles. The Balaban J connectivity index is 3.95. The fourth-order valence-corrected chi connectivity index (χ4v) is 4.47. The number of carboxylic acids is 1. The second-order valence-electron chi connectivity index (χ2n) is 9.90. The molecule has 4 N–H and O–H groups in total. The number of aliphatic hydroxyl groups excluding tert-OH is 1. The summed E-state index contributed by atoms with van der Waals surface area (Å²) in [5.74, 6) is -2.48. The first-order valence-electron chi connectivity index (χ1n) is 14.7. The summed E-state index contributed by atoms with van der Waals surface area (Å²) >= 11 is 0. The van der Waals surface area contributed by atoms with E-state index in [2.05, 4.69) is 38.2 Å². The first-order valence-corrected chi connectivity index (χ1v) is 16.2. The molecule has 11 nitrogen and oxygen atoms in total. The summed E-state index contributed by atoms with van der Waals surface area (Å²) in [6.45, 7) is 1.89. The van der Waals surface area contributed by atoms with E-state index in [9.17, 15) is 34.1 Å². The number of hydrogen-bond donors (Lipinski definition) is 4. The Morgan fingerprint density at radius 1 is 0.800 bits per heavy atom. The predicted octanol–water partition coefficient (Wildman–Crippen LogP) is 5.43. The van der Waals surface area contributed by atoms with Gasteiger partial charge in [0, 0.05) is 12.8 Å². The molecule has 0 aromatic rings. The second-order valence-corrected chi connectivity index (χ2v) is 11.4. The lowest BCUT2D eigenvalue weighted by atomic mass is 10.1. The molecular weight excluding hydrogens is 541 g/mol. The third-order valence-corrected chi connectivity index (χ3v) is 7.06. The molecule has 0 radical (unpaired) electrons. The van der Waals surface area contributed by atoms with E-state index >= 15 is 0 Å². The number of esters is 1. The number of aliphatic carboxylic acids is 1. The molecule has 3 unspecified atom stereocenters. The van der Waals surface area contributed by atoms with E-state index in [-0.39, 0.29) is 12.8 Å². The van der Waals surface area contributed by atoms with Gasteiger partial charge in [0.2, 0.25) is 5.91 Å². The van der Waals surface area contributed by atoms with Gasteiger partial charge in [-0.3, -0.25) is 18.6 Å². The highest BCUT2D eigenvalue weighted by Crippen LogP contribution is 2.43. The fourth-order valence-electron chi connectivity index (χ4n) is 3.70. The minimum absolute atomic E-state index is 0.106. The van der Waals surface area contributed by atoms with Crippen molar-refractivity contribution in [2.24, 2.45) is 0 Å². The summed E-state index contributed by atoms with van der Waals surface area (Å²) in [6, 6.07) is -1.54. The maximum absolute atomic E-state index is 12.1. The number of phosphoric acid groups is 1. The highest BCUT2D eigenvalue weighted by atomic mass is 31.2. The molecular formula is C28H52NO10P. The van der Waals surface area contributed by atoms with E-state index in [1.54, 1.807) is 6.92 Å². The molecule has 0 aliphatic heterocycles. The molecule has 0 fully saturated rings. The quantitative estimate of drug-likeness (QED) is 0.0417. The number of rotatable bonds is 27. The van der Waals surface area contributed by atoms with Crippen molar-refractivity contribution >= 4 is 25.7 Å². The zero-order valence-corrected chi connectivity index (χ0v) is 25.3. The normalized spacial score (nSPS) is 14.5. The zero-order valence-electron chi connectivity index (χ0n) is 24.4. The number of nitrogens with one attached hydrogen (secondary N) is 1. The summed E-state index contributed by atoms with van der Waals surface area (Å²) in [4.78, 5) is 44.3. The second kappa shape index (κ2) is 25.0. The molecule has 40 heavy (non-hydrogen) atoms. The Kier molecular flexibility index (Phi) is 23.9. The van der Waals surface area contributed by atoms with E-state index in [4.69, 9.17) is 0 Å². The van der Waals surface area contributed by atoms with Gasteiger partial charge in [-0.25, -0.2) is 9.36 Å². The SMILES string of the molecule is CCCCCCCCC/C=C\CCCCCCCC(=O)NC(COP(=O)(O)OCC(O)COC(=O)CC)C(=O)O. The molecule has 234 valence electrons. The van der Waals surface area contributed by atoms with Gasteiger partial charge in [0.1, 0.15) is 12.7 Å². The summed E-state index contributed by atoms with van der Waals surface area (Å²) in [5, 5.41) is 21.2. The molecule has 0 saturated carbocycles. The van der Waals surface area contributed by atoms with Crippen molar-refractivity contribution in [3.63, 3.8) is 0 Å². The topological polar surface area (TPSA) is 169 Å². The van der Waals surface area contributed by atoms with E-state index in [1.807, 2.05) is 0 Å². The lowest BCUT2D eigenvalue weighted by Crippen LogP contribution is -2.43. The number of unbranched alkanes of at least 4 members (excludes halogenated alkanes) is 12. The van der Waals surface area contributed by atoms with Crippen LogP contribution in [0, 0.1) is 0 Å². The van der Waals surface area contributed by atoms with Crippen LogP contribution in [-0.2, 0) is 32.7 Å². The fraction of sp³-hybridized carbons (Fsp3) is 0.821. The van der Waals surface area contributed by atoms with Crippen molar-refractivity contribution in [2.75, 3.05) is 19.8 Å². The number of carbonyl (C=O) groups is 3. The maximum atomic E-state index is 12.1. The molecule has 0 heterocycles. The number of hydrogen-bond acceptors (Lipinski definition) is 8. The van der Waals surface area contributed by atoms with Crippen LogP contribution in [0.4, 0.5) is 0 Å². The number of ether oxygens (including phenoxy) is 1. The van der Waals surface area contributed by atoms with Crippen LogP contribution in [0.15, 0.2) is 12.2 Å². The Bertz CT molecular complexity index is 761. The summed E-state index contributed by atoms with van der Waals surface area (Å²) in [5.41, 5.74) is 0. The Morgan fingerprint density at radius 2 is 1.32 bits per heavy atom. The van der Waals surface area contributed by atoms with E-state index in [1.165, 1.54) is 44.9 Å². The van der Waals surface area contributed by atoms with Crippen LogP contribution in [0.5, 0.6) is 0 Å². The highest BCUT2D eigenvalue weighted by Gasteiger charge is 2.28. The van der Waals surface area contributed by atoms with Crippen molar-refractivity contribution in [1.29, 1.82) is 0 Å². The van der Waals surface area contributed by atoms with E-state index in [0.29, 0.717) is 6.42 Å². The van der Waals surface area contributed by atoms with Crippen LogP contribution in [0.1, 0.15) is 117 Å². The van der Waals surface area contributed by atoms with Gasteiger partial charge in [0.15, 0.2) is 6.04 Å². The molecule has 0 aromatic carbocycles. The van der Waals surface area contributed by atoms with Crippen molar-refractivity contribution in [1.82, 2.24) is 5.32 Å². The number of carboxylic acid groups (broad SMARTS) is 1. The monoisotopic (exact) mass is 593 g/mol. The lowest BCUT2D eigenvalue weighted by Gasteiger charge is -2.18. The minimum Gasteiger partial charge on any atom is -0.480 e. The average molecular weight is 594 g/mol. The first-order chi connectivity index (χ1) is 19.1. The molecule has 0 spiro atoms. The Hall–Kier alpha value is -1.78. The van der Waals surface area contributed by atoms with Crippen LogP contribution in [0.2, 0.25) is 0 Å². The lowest BCUT2D eigenvalue weighted by molar-refractivity contribution is -0.146. The van der Waals surface area contributed by atoms with Crippen LogP contribution in [0.25, 0.3) is 0 Å². The van der Waals surface area contributed by atoms with Gasteiger partial charge in [0.25, 0.3) is 0 Å². The standard InChI is InChI=1S/C28H52NO10P/c1-3-5-6-7-8-9-10-11-12-13-14-15-16-17-18-19-20-26(31)29-25(28(33)34)23-39-40(35,36)38-22-24(30)21-37-27(32)4-2/h12-13,24-25,30H,3-11,14-23H2,1-2H3,(H,29,31)(H,33,34)(H,35,36)/b13-12-. The van der Waals surface area contributed by atoms with Crippen molar-refractivity contribution in [3.05, 3.63) is 12.2 Å². The summed E-state index contributed by atoms with van der Waals surface area (Å²) < 4.78 is 25.9.